The van der Waals surface area contributed by atoms with Crippen molar-refractivity contribution in [2.24, 2.45) is 0 Å². The number of hydrogen-bond donors (Lipinski definition) is 2. The smallest absolute Gasteiger partial charge is 0.107 e. The third kappa shape index (κ3) is 5.57. The van der Waals surface area contributed by atoms with Crippen LogP contribution >= 0.6 is 11.3 Å². The van der Waals surface area contributed by atoms with Gasteiger partial charge in [0, 0.05) is 24.2 Å². The maximum absolute atomic E-state index is 5.86. The van der Waals surface area contributed by atoms with Gasteiger partial charge in [0.25, 0.3) is 0 Å². The third-order valence-electron chi connectivity index (χ3n) is 3.36. The number of nitrogens with one attached hydrogen (secondary N) is 2. The average Bonchev–Trinajstić information content (AvgIpc) is 2.92. The van der Waals surface area contributed by atoms with Crippen molar-refractivity contribution in [3.8, 4) is 0 Å². The Morgan fingerprint density at radius 3 is 3.05 bits per heavy atom. The van der Waals surface area contributed by atoms with Crippen molar-refractivity contribution in [1.82, 2.24) is 15.6 Å². The SMILES string of the molecule is CCc1cnc(CNCCCOC2CCNCC2)s1. The van der Waals surface area contributed by atoms with Gasteiger partial charge in [0.15, 0.2) is 0 Å². The van der Waals surface area contributed by atoms with E-state index in [1.165, 1.54) is 9.88 Å². The second kappa shape index (κ2) is 8.64. The van der Waals surface area contributed by atoms with Gasteiger partial charge in [-0.25, -0.2) is 4.98 Å². The number of hydrogen-bond acceptors (Lipinski definition) is 5. The lowest BCUT2D eigenvalue weighted by molar-refractivity contribution is 0.0317. The number of rotatable bonds is 8. The average molecular weight is 283 g/mol. The Morgan fingerprint density at radius 1 is 1.47 bits per heavy atom. The summed E-state index contributed by atoms with van der Waals surface area (Å²) in [5, 5.41) is 7.98. The van der Waals surface area contributed by atoms with Gasteiger partial charge in [-0.15, -0.1) is 11.3 Å². The number of nitrogens with zero attached hydrogens (tertiary/aromatic N) is 1. The molecule has 1 aliphatic heterocycles. The van der Waals surface area contributed by atoms with Gasteiger partial charge in [0.2, 0.25) is 0 Å². The summed E-state index contributed by atoms with van der Waals surface area (Å²) in [5.41, 5.74) is 0. The van der Waals surface area contributed by atoms with Crippen LogP contribution in [0.15, 0.2) is 6.20 Å². The van der Waals surface area contributed by atoms with Crippen molar-refractivity contribution < 1.29 is 4.74 Å². The molecule has 0 unspecified atom stereocenters. The molecule has 1 fully saturated rings. The predicted molar refractivity (Wildman–Crippen MR) is 79.7 cm³/mol. The van der Waals surface area contributed by atoms with E-state index in [0.29, 0.717) is 6.10 Å². The van der Waals surface area contributed by atoms with E-state index < -0.39 is 0 Å². The van der Waals surface area contributed by atoms with E-state index in [4.69, 9.17) is 4.74 Å². The van der Waals surface area contributed by atoms with E-state index in [1.807, 2.05) is 17.5 Å². The van der Waals surface area contributed by atoms with Crippen LogP contribution in [0.2, 0.25) is 0 Å². The molecule has 0 bridgehead atoms. The largest absolute Gasteiger partial charge is 0.378 e. The zero-order chi connectivity index (χ0) is 13.3. The van der Waals surface area contributed by atoms with E-state index in [-0.39, 0.29) is 0 Å². The van der Waals surface area contributed by atoms with Crippen molar-refractivity contribution in [2.75, 3.05) is 26.2 Å². The number of piperidine rings is 1. The van der Waals surface area contributed by atoms with Gasteiger partial charge < -0.3 is 15.4 Å². The first-order valence-corrected chi connectivity index (χ1v) is 8.16. The summed E-state index contributed by atoms with van der Waals surface area (Å²) in [5.74, 6) is 0. The molecule has 4 nitrogen and oxygen atoms in total. The molecular formula is C14H25N3OS. The van der Waals surface area contributed by atoms with Crippen LogP contribution in [0.1, 0.15) is 36.1 Å². The fourth-order valence-corrected chi connectivity index (χ4v) is 3.03. The molecule has 0 aromatic carbocycles. The highest BCUT2D eigenvalue weighted by atomic mass is 32.1. The Labute approximate surface area is 120 Å². The molecule has 0 atom stereocenters. The summed E-state index contributed by atoms with van der Waals surface area (Å²) in [6.07, 6.45) is 6.95. The van der Waals surface area contributed by atoms with E-state index in [9.17, 15) is 0 Å². The molecule has 0 radical (unpaired) electrons. The molecule has 2 rings (SSSR count). The molecule has 5 heteroatoms. The van der Waals surface area contributed by atoms with Crippen LogP contribution in [0.3, 0.4) is 0 Å². The van der Waals surface area contributed by atoms with Crippen LogP contribution in [-0.2, 0) is 17.7 Å². The van der Waals surface area contributed by atoms with Crippen molar-refractivity contribution in [2.45, 2.75) is 45.3 Å². The summed E-state index contributed by atoms with van der Waals surface area (Å²) in [6, 6.07) is 0. The first-order chi connectivity index (χ1) is 9.38. The van der Waals surface area contributed by atoms with Crippen LogP contribution in [-0.4, -0.2) is 37.3 Å². The molecule has 2 N–H and O–H groups in total. The van der Waals surface area contributed by atoms with Crippen LogP contribution in [0, 0.1) is 0 Å². The fourth-order valence-electron chi connectivity index (χ4n) is 2.20. The molecule has 0 saturated carbocycles. The molecule has 19 heavy (non-hydrogen) atoms. The third-order valence-corrected chi connectivity index (χ3v) is 4.51. The van der Waals surface area contributed by atoms with Crippen molar-refractivity contribution >= 4 is 11.3 Å². The molecule has 0 spiro atoms. The number of thiazole rings is 1. The molecule has 2 heterocycles. The molecule has 108 valence electrons. The highest BCUT2D eigenvalue weighted by Gasteiger charge is 2.12. The van der Waals surface area contributed by atoms with Gasteiger partial charge in [0.05, 0.1) is 6.10 Å². The van der Waals surface area contributed by atoms with Gasteiger partial charge in [0.1, 0.15) is 5.01 Å². The van der Waals surface area contributed by atoms with Gasteiger partial charge in [-0.3, -0.25) is 0 Å². The second-order valence-corrected chi connectivity index (χ2v) is 6.12. The minimum absolute atomic E-state index is 0.479. The molecule has 1 aromatic heterocycles. The molecule has 1 saturated heterocycles. The van der Waals surface area contributed by atoms with Gasteiger partial charge >= 0.3 is 0 Å². The van der Waals surface area contributed by atoms with Gasteiger partial charge in [-0.2, -0.15) is 0 Å². The van der Waals surface area contributed by atoms with Crippen molar-refractivity contribution in [3.63, 3.8) is 0 Å². The monoisotopic (exact) mass is 283 g/mol. The normalized spacial score (nSPS) is 16.9. The van der Waals surface area contributed by atoms with E-state index >= 15 is 0 Å². The lowest BCUT2D eigenvalue weighted by atomic mass is 10.1. The minimum Gasteiger partial charge on any atom is -0.378 e. The summed E-state index contributed by atoms with van der Waals surface area (Å²) in [6.45, 7) is 7.14. The van der Waals surface area contributed by atoms with Gasteiger partial charge in [-0.05, 0) is 45.3 Å². The molecular weight excluding hydrogens is 258 g/mol. The van der Waals surface area contributed by atoms with E-state index in [1.54, 1.807) is 0 Å². The van der Waals surface area contributed by atoms with Crippen molar-refractivity contribution in [3.05, 3.63) is 16.1 Å². The van der Waals surface area contributed by atoms with Crippen molar-refractivity contribution in [1.29, 1.82) is 0 Å². The van der Waals surface area contributed by atoms with Gasteiger partial charge in [-0.1, -0.05) is 6.92 Å². The Bertz CT molecular complexity index is 350. The summed E-state index contributed by atoms with van der Waals surface area (Å²) < 4.78 is 5.86. The molecule has 1 aromatic rings. The number of ether oxygens (including phenoxy) is 1. The Hall–Kier alpha value is -0.490. The molecule has 1 aliphatic rings. The zero-order valence-corrected chi connectivity index (χ0v) is 12.6. The van der Waals surface area contributed by atoms with Crippen LogP contribution in [0.5, 0.6) is 0 Å². The maximum atomic E-state index is 5.86. The lowest BCUT2D eigenvalue weighted by Gasteiger charge is -2.22. The highest BCUT2D eigenvalue weighted by molar-refractivity contribution is 7.11. The Kier molecular flexibility index (Phi) is 6.78. The first-order valence-electron chi connectivity index (χ1n) is 7.35. The Balaban J connectivity index is 1.47. The minimum atomic E-state index is 0.479. The van der Waals surface area contributed by atoms with E-state index in [2.05, 4.69) is 22.5 Å². The predicted octanol–water partition coefficient (Wildman–Crippen LogP) is 1.95. The summed E-state index contributed by atoms with van der Waals surface area (Å²) >= 11 is 1.81. The highest BCUT2D eigenvalue weighted by Crippen LogP contribution is 2.12. The van der Waals surface area contributed by atoms with E-state index in [0.717, 1.165) is 58.5 Å². The maximum Gasteiger partial charge on any atom is 0.107 e. The summed E-state index contributed by atoms with van der Waals surface area (Å²) in [4.78, 5) is 5.76. The number of aromatic nitrogens is 1. The van der Waals surface area contributed by atoms with Crippen LogP contribution in [0.4, 0.5) is 0 Å². The first kappa shape index (κ1) is 14.9. The number of aryl methyl sites for hydroxylation is 1. The zero-order valence-electron chi connectivity index (χ0n) is 11.8. The lowest BCUT2D eigenvalue weighted by Crippen LogP contribution is -2.32. The Morgan fingerprint density at radius 2 is 2.32 bits per heavy atom. The van der Waals surface area contributed by atoms with Crippen LogP contribution < -0.4 is 10.6 Å². The fraction of sp³-hybridized carbons (Fsp3) is 0.786. The standard InChI is InChI=1S/C14H25N3OS/c1-2-13-10-17-14(19-13)11-16-6-3-9-18-12-4-7-15-8-5-12/h10,12,15-16H,2-9,11H2,1H3. The molecule has 0 amide bonds. The quantitative estimate of drug-likeness (QED) is 0.716. The summed E-state index contributed by atoms with van der Waals surface area (Å²) in [7, 11) is 0. The topological polar surface area (TPSA) is 46.2 Å². The second-order valence-electron chi connectivity index (χ2n) is 4.92. The molecule has 0 aliphatic carbocycles. The van der Waals surface area contributed by atoms with Crippen LogP contribution in [0.25, 0.3) is 0 Å².